The minimum atomic E-state index is -0.538. The van der Waals surface area contributed by atoms with E-state index in [0.29, 0.717) is 30.0 Å². The monoisotopic (exact) mass is 452 g/mol. The maximum Gasteiger partial charge on any atom is 0.407 e. The van der Waals surface area contributed by atoms with Crippen molar-refractivity contribution in [2.45, 2.75) is 59.1 Å². The molecule has 0 atom stereocenters. The highest BCUT2D eigenvalue weighted by molar-refractivity contribution is 5.91. The molecule has 1 amide bonds. The maximum atomic E-state index is 12.0. The van der Waals surface area contributed by atoms with Gasteiger partial charge in [-0.05, 0) is 57.4 Å². The highest BCUT2D eigenvalue weighted by Crippen LogP contribution is 2.26. The predicted octanol–water partition coefficient (Wildman–Crippen LogP) is 4.75. The summed E-state index contributed by atoms with van der Waals surface area (Å²) in [6, 6.07) is 5.26. The zero-order valence-electron chi connectivity index (χ0n) is 20.0. The van der Waals surface area contributed by atoms with Gasteiger partial charge in [0.15, 0.2) is 0 Å². The molecule has 3 aromatic rings. The predicted molar refractivity (Wildman–Crippen MR) is 127 cm³/mol. The van der Waals surface area contributed by atoms with Crippen LogP contribution < -0.4 is 5.32 Å². The highest BCUT2D eigenvalue weighted by Gasteiger charge is 2.16. The van der Waals surface area contributed by atoms with Crippen LogP contribution >= 0.6 is 0 Å². The van der Waals surface area contributed by atoms with Crippen LogP contribution in [0.4, 0.5) is 4.79 Å². The molecular weight excluding hydrogens is 420 g/mol. The number of rotatable bonds is 8. The van der Waals surface area contributed by atoms with Crippen LogP contribution in [0.2, 0.25) is 0 Å². The number of nitrogens with one attached hydrogen (secondary N) is 1. The number of carbonyl (C=O) groups excluding carboxylic acids is 2. The minimum Gasteiger partial charge on any atom is -0.465 e. The molecule has 0 aliphatic rings. The third kappa shape index (κ3) is 6.31. The quantitative estimate of drug-likeness (QED) is 0.496. The number of nitrogens with zero attached hydrogens (tertiary/aromatic N) is 3. The van der Waals surface area contributed by atoms with E-state index in [2.05, 4.69) is 33.0 Å². The van der Waals surface area contributed by atoms with Gasteiger partial charge in [-0.25, -0.2) is 9.59 Å². The number of esters is 1. The minimum absolute atomic E-state index is 0.418. The number of amides is 1. The summed E-state index contributed by atoms with van der Waals surface area (Å²) in [4.78, 5) is 32.9. The van der Waals surface area contributed by atoms with Gasteiger partial charge in [0, 0.05) is 37.1 Å². The van der Waals surface area contributed by atoms with Crippen LogP contribution in [0.15, 0.2) is 36.8 Å². The third-order valence-electron chi connectivity index (χ3n) is 5.11. The molecule has 3 heterocycles. The number of ether oxygens (including phenoxy) is 2. The largest absolute Gasteiger partial charge is 0.465 e. The molecule has 0 aliphatic carbocycles. The zero-order chi connectivity index (χ0) is 24.0. The van der Waals surface area contributed by atoms with Crippen LogP contribution in [0.1, 0.15) is 56.5 Å². The van der Waals surface area contributed by atoms with E-state index in [9.17, 15) is 9.59 Å². The molecule has 0 radical (unpaired) electrons. The molecule has 0 aliphatic heterocycles. The molecule has 0 saturated carbocycles. The first-order chi connectivity index (χ1) is 15.7. The van der Waals surface area contributed by atoms with Gasteiger partial charge >= 0.3 is 12.1 Å². The Morgan fingerprint density at radius 2 is 1.91 bits per heavy atom. The summed E-state index contributed by atoms with van der Waals surface area (Å²) < 4.78 is 12.3. The average molecular weight is 453 g/mol. The summed E-state index contributed by atoms with van der Waals surface area (Å²) >= 11 is 0. The Hall–Kier alpha value is -3.42. The van der Waals surface area contributed by atoms with E-state index in [0.717, 1.165) is 30.2 Å². The van der Waals surface area contributed by atoms with Crippen LogP contribution in [-0.2, 0) is 22.4 Å². The normalized spacial score (nSPS) is 11.4. The maximum absolute atomic E-state index is 12.0. The van der Waals surface area contributed by atoms with Gasteiger partial charge in [-0.15, -0.1) is 0 Å². The van der Waals surface area contributed by atoms with Crippen LogP contribution in [0.5, 0.6) is 0 Å². The van der Waals surface area contributed by atoms with Crippen molar-refractivity contribution >= 4 is 23.0 Å². The number of hydrogen-bond acceptors (Lipinski definition) is 6. The summed E-state index contributed by atoms with van der Waals surface area (Å²) in [6.45, 7) is 8.69. The summed E-state index contributed by atoms with van der Waals surface area (Å²) in [5, 5.41) is 3.89. The molecule has 176 valence electrons. The molecule has 8 nitrogen and oxygen atoms in total. The van der Waals surface area contributed by atoms with Gasteiger partial charge in [0.1, 0.15) is 5.60 Å². The van der Waals surface area contributed by atoms with Crippen molar-refractivity contribution in [1.82, 2.24) is 19.9 Å². The number of unbranched alkanes of at least 4 members (excludes halogenated alkanes) is 1. The fourth-order valence-electron chi connectivity index (χ4n) is 3.56. The first-order valence-corrected chi connectivity index (χ1v) is 11.2. The van der Waals surface area contributed by atoms with Gasteiger partial charge in [0.25, 0.3) is 0 Å². The molecule has 0 unspecified atom stereocenters. The Morgan fingerprint density at radius 3 is 2.61 bits per heavy atom. The first kappa shape index (κ1) is 24.2. The molecule has 0 spiro atoms. The standard InChI is InChI=1S/C25H32N4O4/c1-6-7-8-18-16-29(12-11-27-24(31)33-25(2,3)4)22-14-21(28-15-19(18)22)20-13-17(9-10-26-20)23(30)32-5/h9-10,13-16H,6-8,11-12H2,1-5H3,(H,27,31). The Kier molecular flexibility index (Phi) is 7.68. The lowest BCUT2D eigenvalue weighted by atomic mass is 10.1. The van der Waals surface area contributed by atoms with Gasteiger partial charge in [-0.3, -0.25) is 9.97 Å². The first-order valence-electron chi connectivity index (χ1n) is 11.2. The molecule has 1 N–H and O–H groups in total. The van der Waals surface area contributed by atoms with Gasteiger partial charge in [0.2, 0.25) is 0 Å². The number of hydrogen-bond donors (Lipinski definition) is 1. The van der Waals surface area contributed by atoms with Gasteiger partial charge in [-0.1, -0.05) is 13.3 Å². The Balaban J connectivity index is 1.89. The van der Waals surface area contributed by atoms with E-state index in [-0.39, 0.29) is 0 Å². The van der Waals surface area contributed by atoms with Crippen molar-refractivity contribution in [3.8, 4) is 11.4 Å². The molecule has 0 fully saturated rings. The molecule has 8 heteroatoms. The molecule has 0 bridgehead atoms. The van der Waals surface area contributed by atoms with Gasteiger partial charge in [-0.2, -0.15) is 0 Å². The van der Waals surface area contributed by atoms with E-state index in [1.807, 2.05) is 33.0 Å². The van der Waals surface area contributed by atoms with Crippen molar-refractivity contribution in [3.05, 3.63) is 47.9 Å². The SMILES string of the molecule is CCCCc1cn(CCNC(=O)OC(C)(C)C)c2cc(-c3cc(C(=O)OC)ccn3)ncc12. The van der Waals surface area contributed by atoms with Crippen LogP contribution in [0.3, 0.4) is 0 Å². The molecule has 0 aromatic carbocycles. The summed E-state index contributed by atoms with van der Waals surface area (Å²) in [5.74, 6) is -0.418. The van der Waals surface area contributed by atoms with E-state index >= 15 is 0 Å². The smallest absolute Gasteiger partial charge is 0.407 e. The van der Waals surface area contributed by atoms with Crippen molar-refractivity contribution in [2.24, 2.45) is 0 Å². The second-order valence-electron chi connectivity index (χ2n) is 8.89. The lowest BCUT2D eigenvalue weighted by Gasteiger charge is -2.19. The average Bonchev–Trinajstić information content (AvgIpc) is 3.12. The molecule has 3 rings (SSSR count). The summed E-state index contributed by atoms with van der Waals surface area (Å²) in [7, 11) is 1.35. The fraction of sp³-hybridized carbons (Fsp3) is 0.440. The summed E-state index contributed by atoms with van der Waals surface area (Å²) in [5.41, 5.74) is 3.36. The van der Waals surface area contributed by atoms with Crippen LogP contribution in [0.25, 0.3) is 22.3 Å². The molecule has 33 heavy (non-hydrogen) atoms. The fourth-order valence-corrected chi connectivity index (χ4v) is 3.56. The number of alkyl carbamates (subject to hydrolysis) is 1. The van der Waals surface area contributed by atoms with Crippen molar-refractivity contribution in [1.29, 1.82) is 0 Å². The second-order valence-corrected chi connectivity index (χ2v) is 8.89. The lowest BCUT2D eigenvalue weighted by molar-refractivity contribution is 0.0525. The van der Waals surface area contributed by atoms with Crippen LogP contribution in [0, 0.1) is 0 Å². The number of methoxy groups -OCH3 is 1. The Labute approximate surface area is 194 Å². The van der Waals surface area contributed by atoms with E-state index < -0.39 is 17.7 Å². The third-order valence-corrected chi connectivity index (χ3v) is 5.11. The van der Waals surface area contributed by atoms with E-state index in [1.54, 1.807) is 18.3 Å². The van der Waals surface area contributed by atoms with Gasteiger partial charge in [0.05, 0.1) is 29.6 Å². The Morgan fingerprint density at radius 1 is 1.15 bits per heavy atom. The number of aryl methyl sites for hydroxylation is 1. The number of aromatic nitrogens is 3. The number of carbonyl (C=O) groups is 2. The lowest BCUT2D eigenvalue weighted by Crippen LogP contribution is -2.34. The molecule has 0 saturated heterocycles. The summed E-state index contributed by atoms with van der Waals surface area (Å²) in [6.07, 6.45) is 8.26. The highest BCUT2D eigenvalue weighted by atomic mass is 16.6. The van der Waals surface area contributed by atoms with Crippen molar-refractivity contribution in [3.63, 3.8) is 0 Å². The van der Waals surface area contributed by atoms with Gasteiger partial charge < -0.3 is 19.4 Å². The zero-order valence-corrected chi connectivity index (χ0v) is 20.0. The molecule has 3 aromatic heterocycles. The Bertz CT molecular complexity index is 1130. The van der Waals surface area contributed by atoms with E-state index in [4.69, 9.17) is 9.47 Å². The number of fused-ring (bicyclic) bond motifs is 1. The van der Waals surface area contributed by atoms with Crippen molar-refractivity contribution in [2.75, 3.05) is 13.7 Å². The van der Waals surface area contributed by atoms with Crippen molar-refractivity contribution < 1.29 is 19.1 Å². The number of pyridine rings is 2. The second kappa shape index (κ2) is 10.5. The topological polar surface area (TPSA) is 95.3 Å². The van der Waals surface area contributed by atoms with E-state index in [1.165, 1.54) is 12.7 Å². The molecular formula is C25H32N4O4. The van der Waals surface area contributed by atoms with Crippen LogP contribution in [-0.4, -0.2) is 45.9 Å².